The summed E-state index contributed by atoms with van der Waals surface area (Å²) in [7, 11) is 0. The van der Waals surface area contributed by atoms with Crippen molar-refractivity contribution < 1.29 is 28.6 Å². The van der Waals surface area contributed by atoms with E-state index in [1.807, 2.05) is 72.9 Å². The quantitative estimate of drug-likeness (QED) is 0.0263. The van der Waals surface area contributed by atoms with Crippen LogP contribution in [0.3, 0.4) is 0 Å². The third-order valence-corrected chi connectivity index (χ3v) is 10.4. The standard InChI is InChI=1S/C54H90O6/c1-4-7-10-13-16-19-22-24-25-26-27-28-29-31-32-35-38-41-44-47-53(56)59-50-51(49-58-52(55)46-43-40-37-34-21-18-15-12-9-6-3)60-54(57)48-45-42-39-36-33-30-23-20-17-14-11-8-5-2/h7,10,13,16,19,22,24-29,31-32,51H,4-6,8-9,11-12,14-15,17-18,20-21,23,30,33-50H2,1-3H3/b10-7-,16-13-,22-19-,25-24-,27-26+,29-28-,32-31-. The summed E-state index contributed by atoms with van der Waals surface area (Å²) in [6, 6.07) is 0. The van der Waals surface area contributed by atoms with Crippen molar-refractivity contribution in [2.75, 3.05) is 13.2 Å². The van der Waals surface area contributed by atoms with Gasteiger partial charge in [-0.15, -0.1) is 0 Å². The highest BCUT2D eigenvalue weighted by atomic mass is 16.6. The van der Waals surface area contributed by atoms with Crippen LogP contribution in [0.5, 0.6) is 0 Å². The predicted molar refractivity (Wildman–Crippen MR) is 256 cm³/mol. The van der Waals surface area contributed by atoms with E-state index in [0.29, 0.717) is 19.3 Å². The topological polar surface area (TPSA) is 78.9 Å². The Bertz CT molecular complexity index is 1190. The summed E-state index contributed by atoms with van der Waals surface area (Å²) in [5.41, 5.74) is 0. The maximum absolute atomic E-state index is 12.8. The van der Waals surface area contributed by atoms with E-state index < -0.39 is 6.10 Å². The van der Waals surface area contributed by atoms with E-state index in [1.54, 1.807) is 0 Å². The molecule has 6 nitrogen and oxygen atoms in total. The number of ether oxygens (including phenoxy) is 3. The molecule has 0 aromatic heterocycles. The maximum Gasteiger partial charge on any atom is 0.306 e. The lowest BCUT2D eigenvalue weighted by molar-refractivity contribution is -0.167. The second-order valence-electron chi connectivity index (χ2n) is 16.2. The van der Waals surface area contributed by atoms with Gasteiger partial charge in [0.1, 0.15) is 13.2 Å². The summed E-state index contributed by atoms with van der Waals surface area (Å²) < 4.78 is 16.7. The molecule has 1 atom stereocenters. The Kier molecular flexibility index (Phi) is 45.5. The van der Waals surface area contributed by atoms with Crippen LogP contribution < -0.4 is 0 Å². The lowest BCUT2D eigenvalue weighted by Gasteiger charge is -2.18. The first-order chi connectivity index (χ1) is 29.5. The fourth-order valence-corrected chi connectivity index (χ4v) is 6.66. The summed E-state index contributed by atoms with van der Waals surface area (Å²) in [6.45, 7) is 6.43. The Morgan fingerprint density at radius 2 is 0.650 bits per heavy atom. The fraction of sp³-hybridized carbons (Fsp3) is 0.685. The van der Waals surface area contributed by atoms with Gasteiger partial charge in [-0.25, -0.2) is 0 Å². The van der Waals surface area contributed by atoms with Crippen molar-refractivity contribution in [2.24, 2.45) is 0 Å². The van der Waals surface area contributed by atoms with Gasteiger partial charge in [0.25, 0.3) is 0 Å². The van der Waals surface area contributed by atoms with E-state index in [2.05, 4.69) is 32.9 Å². The summed E-state index contributed by atoms with van der Waals surface area (Å²) in [5, 5.41) is 0. The lowest BCUT2D eigenvalue weighted by Crippen LogP contribution is -2.30. The fourth-order valence-electron chi connectivity index (χ4n) is 6.66. The summed E-state index contributed by atoms with van der Waals surface area (Å²) in [5.74, 6) is -0.938. The number of allylic oxidation sites excluding steroid dienone is 14. The SMILES string of the molecule is CC\C=C/C=C\C=C/C=C\C=C\C=C/C=C\CCCCCC(=O)OCC(COC(=O)CCCCCCCCCCCC)OC(=O)CCCCCCCCCCCCCCC. The van der Waals surface area contributed by atoms with Gasteiger partial charge >= 0.3 is 17.9 Å². The molecule has 0 aliphatic heterocycles. The molecule has 0 bridgehead atoms. The van der Waals surface area contributed by atoms with Gasteiger partial charge in [-0.1, -0.05) is 247 Å². The van der Waals surface area contributed by atoms with Gasteiger partial charge in [-0.3, -0.25) is 14.4 Å². The van der Waals surface area contributed by atoms with Crippen LogP contribution >= 0.6 is 0 Å². The van der Waals surface area contributed by atoms with Gasteiger partial charge in [-0.05, 0) is 38.5 Å². The van der Waals surface area contributed by atoms with Crippen LogP contribution in [0, 0.1) is 0 Å². The number of carbonyl (C=O) groups excluding carboxylic acids is 3. The molecular weight excluding hydrogens is 745 g/mol. The molecule has 0 radical (unpaired) electrons. The van der Waals surface area contributed by atoms with Crippen LogP contribution in [0.25, 0.3) is 0 Å². The first-order valence-corrected chi connectivity index (χ1v) is 24.7. The van der Waals surface area contributed by atoms with Crippen LogP contribution in [-0.4, -0.2) is 37.2 Å². The first kappa shape index (κ1) is 56.6. The van der Waals surface area contributed by atoms with Gasteiger partial charge in [0, 0.05) is 19.3 Å². The Labute approximate surface area is 369 Å². The summed E-state index contributed by atoms with van der Waals surface area (Å²) >= 11 is 0. The number of carbonyl (C=O) groups is 3. The third kappa shape index (κ3) is 45.7. The molecule has 0 aromatic carbocycles. The molecule has 0 saturated heterocycles. The van der Waals surface area contributed by atoms with E-state index in [0.717, 1.165) is 70.6 Å². The van der Waals surface area contributed by atoms with Gasteiger partial charge in [-0.2, -0.15) is 0 Å². The van der Waals surface area contributed by atoms with Gasteiger partial charge in [0.05, 0.1) is 0 Å². The van der Waals surface area contributed by atoms with Crippen molar-refractivity contribution >= 4 is 17.9 Å². The van der Waals surface area contributed by atoms with Crippen molar-refractivity contribution in [2.45, 2.75) is 226 Å². The van der Waals surface area contributed by atoms with Crippen LogP contribution in [0.2, 0.25) is 0 Å². The Hall–Kier alpha value is -3.41. The molecule has 0 aliphatic rings. The number of rotatable bonds is 43. The minimum absolute atomic E-state index is 0.0892. The van der Waals surface area contributed by atoms with Crippen molar-refractivity contribution in [3.8, 4) is 0 Å². The van der Waals surface area contributed by atoms with Crippen LogP contribution in [0.4, 0.5) is 0 Å². The van der Waals surface area contributed by atoms with E-state index in [4.69, 9.17) is 14.2 Å². The Morgan fingerprint density at radius 3 is 1.02 bits per heavy atom. The van der Waals surface area contributed by atoms with Gasteiger partial charge in [0.15, 0.2) is 6.10 Å². The van der Waals surface area contributed by atoms with E-state index >= 15 is 0 Å². The molecule has 6 heteroatoms. The lowest BCUT2D eigenvalue weighted by atomic mass is 10.0. The highest BCUT2D eigenvalue weighted by Crippen LogP contribution is 2.15. The molecule has 0 amide bonds. The average Bonchev–Trinajstić information content (AvgIpc) is 3.24. The number of unbranched alkanes of at least 4 members (excludes halogenated alkanes) is 24. The van der Waals surface area contributed by atoms with E-state index in [9.17, 15) is 14.4 Å². The van der Waals surface area contributed by atoms with Gasteiger partial charge < -0.3 is 14.2 Å². The zero-order chi connectivity index (χ0) is 43.7. The van der Waals surface area contributed by atoms with Crippen LogP contribution in [0.15, 0.2) is 85.1 Å². The highest BCUT2D eigenvalue weighted by molar-refractivity contribution is 5.71. The molecule has 0 aliphatic carbocycles. The molecule has 342 valence electrons. The molecular formula is C54H90O6. The minimum Gasteiger partial charge on any atom is -0.462 e. The van der Waals surface area contributed by atoms with Crippen LogP contribution in [-0.2, 0) is 28.6 Å². The van der Waals surface area contributed by atoms with Crippen molar-refractivity contribution in [1.29, 1.82) is 0 Å². The molecule has 1 unspecified atom stereocenters. The molecule has 0 saturated carbocycles. The largest absolute Gasteiger partial charge is 0.462 e. The number of hydrogen-bond donors (Lipinski definition) is 0. The third-order valence-electron chi connectivity index (χ3n) is 10.4. The number of esters is 3. The Morgan fingerprint density at radius 1 is 0.350 bits per heavy atom. The molecule has 0 fully saturated rings. The Balaban J connectivity index is 4.46. The zero-order valence-electron chi connectivity index (χ0n) is 38.9. The molecule has 0 rings (SSSR count). The normalized spacial score (nSPS) is 12.8. The van der Waals surface area contributed by atoms with Crippen LogP contribution in [0.1, 0.15) is 220 Å². The first-order valence-electron chi connectivity index (χ1n) is 24.7. The zero-order valence-corrected chi connectivity index (χ0v) is 38.9. The number of hydrogen-bond acceptors (Lipinski definition) is 6. The van der Waals surface area contributed by atoms with E-state index in [-0.39, 0.29) is 31.1 Å². The minimum atomic E-state index is -0.790. The summed E-state index contributed by atoms with van der Waals surface area (Å²) in [4.78, 5) is 37.8. The molecule has 0 N–H and O–H groups in total. The average molecular weight is 835 g/mol. The smallest absolute Gasteiger partial charge is 0.306 e. The second-order valence-corrected chi connectivity index (χ2v) is 16.2. The highest BCUT2D eigenvalue weighted by Gasteiger charge is 2.19. The molecule has 0 spiro atoms. The van der Waals surface area contributed by atoms with Crippen molar-refractivity contribution in [1.82, 2.24) is 0 Å². The van der Waals surface area contributed by atoms with Crippen molar-refractivity contribution in [3.05, 3.63) is 85.1 Å². The molecule has 60 heavy (non-hydrogen) atoms. The summed E-state index contributed by atoms with van der Waals surface area (Å²) in [6.07, 6.45) is 61.3. The molecule has 0 heterocycles. The second kappa shape index (κ2) is 48.3. The van der Waals surface area contributed by atoms with Gasteiger partial charge in [0.2, 0.25) is 0 Å². The monoisotopic (exact) mass is 835 g/mol. The van der Waals surface area contributed by atoms with E-state index in [1.165, 1.54) is 109 Å². The maximum atomic E-state index is 12.8. The molecule has 0 aromatic rings. The predicted octanol–water partition coefficient (Wildman–Crippen LogP) is 16.0. The van der Waals surface area contributed by atoms with Crippen molar-refractivity contribution in [3.63, 3.8) is 0 Å².